The van der Waals surface area contributed by atoms with Crippen molar-refractivity contribution in [3.05, 3.63) is 59.7 Å². The number of imide groups is 1. The highest BCUT2D eigenvalue weighted by Crippen LogP contribution is 2.28. The summed E-state index contributed by atoms with van der Waals surface area (Å²) in [5, 5.41) is 2.90. The van der Waals surface area contributed by atoms with Gasteiger partial charge >= 0.3 is 6.03 Å². The number of rotatable bonds is 6. The lowest BCUT2D eigenvalue weighted by Gasteiger charge is -2.36. The van der Waals surface area contributed by atoms with Gasteiger partial charge in [0, 0.05) is 39.3 Å². The number of methoxy groups -OCH3 is 1. The largest absolute Gasteiger partial charge is 0.495 e. The summed E-state index contributed by atoms with van der Waals surface area (Å²) in [6, 6.07) is 14.6. The van der Waals surface area contributed by atoms with Crippen LogP contribution in [0.3, 0.4) is 0 Å². The van der Waals surface area contributed by atoms with Crippen LogP contribution in [-0.2, 0) is 0 Å². The topological polar surface area (TPSA) is 82.2 Å². The molecule has 8 nitrogen and oxygen atoms in total. The third-order valence-corrected chi connectivity index (χ3v) is 5.71. The standard InChI is InChI=1S/C23H26N4O4/c1-31-20-10-5-4-9-19(20)25-13-15-26(16-14-25)23(30)24-11-6-12-27-21(28)17-7-2-3-8-18(17)22(27)29/h2-5,7-10H,6,11-16H2,1H3,(H,24,30). The molecule has 0 spiro atoms. The van der Waals surface area contributed by atoms with Crippen LogP contribution in [0.2, 0.25) is 0 Å². The van der Waals surface area contributed by atoms with E-state index in [1.165, 1.54) is 4.90 Å². The number of piperazine rings is 1. The fourth-order valence-corrected chi connectivity index (χ4v) is 4.03. The van der Waals surface area contributed by atoms with E-state index in [1.807, 2.05) is 24.3 Å². The number of anilines is 1. The molecule has 2 heterocycles. The quantitative estimate of drug-likeness (QED) is 0.570. The lowest BCUT2D eigenvalue weighted by Crippen LogP contribution is -2.52. The van der Waals surface area contributed by atoms with Crippen LogP contribution in [0, 0.1) is 0 Å². The summed E-state index contributed by atoms with van der Waals surface area (Å²) in [7, 11) is 1.66. The number of nitrogens with one attached hydrogen (secondary N) is 1. The number of hydrogen-bond donors (Lipinski definition) is 1. The number of nitrogens with zero attached hydrogens (tertiary/aromatic N) is 3. The average molecular weight is 422 g/mol. The molecule has 2 aliphatic heterocycles. The van der Waals surface area contributed by atoms with E-state index in [1.54, 1.807) is 36.3 Å². The van der Waals surface area contributed by atoms with Gasteiger partial charge in [0.1, 0.15) is 5.75 Å². The van der Waals surface area contributed by atoms with Gasteiger partial charge in [-0.1, -0.05) is 24.3 Å². The van der Waals surface area contributed by atoms with Crippen LogP contribution in [0.1, 0.15) is 27.1 Å². The predicted molar refractivity (Wildman–Crippen MR) is 117 cm³/mol. The molecule has 0 aliphatic carbocycles. The first-order chi connectivity index (χ1) is 15.1. The minimum absolute atomic E-state index is 0.123. The summed E-state index contributed by atoms with van der Waals surface area (Å²) in [4.78, 5) is 42.5. The summed E-state index contributed by atoms with van der Waals surface area (Å²) in [6.45, 7) is 3.36. The van der Waals surface area contributed by atoms with Gasteiger partial charge in [0.05, 0.1) is 23.9 Å². The number of hydrogen-bond acceptors (Lipinski definition) is 5. The molecule has 0 aromatic heterocycles. The summed E-state index contributed by atoms with van der Waals surface area (Å²) in [5.41, 5.74) is 1.93. The summed E-state index contributed by atoms with van der Waals surface area (Å²) < 4.78 is 5.43. The highest BCUT2D eigenvalue weighted by molar-refractivity contribution is 6.21. The number of para-hydroxylation sites is 2. The van der Waals surface area contributed by atoms with Crippen molar-refractivity contribution >= 4 is 23.5 Å². The third kappa shape index (κ3) is 4.19. The summed E-state index contributed by atoms with van der Waals surface area (Å²) in [6.07, 6.45) is 0.512. The zero-order valence-electron chi connectivity index (χ0n) is 17.5. The summed E-state index contributed by atoms with van der Waals surface area (Å²) >= 11 is 0. The second-order valence-electron chi connectivity index (χ2n) is 7.54. The molecule has 162 valence electrons. The molecule has 0 bridgehead atoms. The van der Waals surface area contributed by atoms with E-state index in [0.717, 1.165) is 24.5 Å². The molecule has 1 fully saturated rings. The van der Waals surface area contributed by atoms with Crippen LogP contribution in [0.25, 0.3) is 0 Å². The Morgan fingerprint density at radius 2 is 1.55 bits per heavy atom. The molecule has 2 aliphatic rings. The van der Waals surface area contributed by atoms with E-state index in [9.17, 15) is 14.4 Å². The lowest BCUT2D eigenvalue weighted by molar-refractivity contribution is 0.0653. The Balaban J connectivity index is 1.21. The smallest absolute Gasteiger partial charge is 0.317 e. The Labute approximate surface area is 181 Å². The molecule has 8 heteroatoms. The summed E-state index contributed by atoms with van der Waals surface area (Å²) in [5.74, 6) is 0.298. The Morgan fingerprint density at radius 3 is 2.19 bits per heavy atom. The molecular formula is C23H26N4O4. The van der Waals surface area contributed by atoms with Crippen molar-refractivity contribution in [3.8, 4) is 5.75 Å². The van der Waals surface area contributed by atoms with Crippen molar-refractivity contribution < 1.29 is 19.1 Å². The SMILES string of the molecule is COc1ccccc1N1CCN(C(=O)NCCCN2C(=O)c3ccccc3C2=O)CC1. The molecule has 2 aromatic rings. The monoisotopic (exact) mass is 422 g/mol. The molecule has 1 saturated heterocycles. The molecule has 2 aromatic carbocycles. The van der Waals surface area contributed by atoms with E-state index in [-0.39, 0.29) is 24.4 Å². The fraction of sp³-hybridized carbons (Fsp3) is 0.348. The highest BCUT2D eigenvalue weighted by atomic mass is 16.5. The molecular weight excluding hydrogens is 396 g/mol. The zero-order chi connectivity index (χ0) is 21.8. The number of carbonyl (C=O) groups is 3. The molecule has 4 amide bonds. The van der Waals surface area contributed by atoms with E-state index in [0.29, 0.717) is 37.2 Å². The van der Waals surface area contributed by atoms with Gasteiger partial charge in [0.2, 0.25) is 0 Å². The van der Waals surface area contributed by atoms with Crippen molar-refractivity contribution in [2.24, 2.45) is 0 Å². The number of ether oxygens (including phenoxy) is 1. The van der Waals surface area contributed by atoms with E-state index in [4.69, 9.17) is 4.74 Å². The van der Waals surface area contributed by atoms with Crippen molar-refractivity contribution in [1.29, 1.82) is 0 Å². The van der Waals surface area contributed by atoms with Crippen molar-refractivity contribution in [2.45, 2.75) is 6.42 Å². The van der Waals surface area contributed by atoms with E-state index in [2.05, 4.69) is 10.2 Å². The number of benzene rings is 2. The van der Waals surface area contributed by atoms with Gasteiger partial charge in [-0.2, -0.15) is 0 Å². The van der Waals surface area contributed by atoms with Crippen molar-refractivity contribution in [3.63, 3.8) is 0 Å². The maximum absolute atomic E-state index is 12.5. The predicted octanol–water partition coefficient (Wildman–Crippen LogP) is 2.21. The van der Waals surface area contributed by atoms with Crippen LogP contribution in [0.15, 0.2) is 48.5 Å². The molecule has 4 rings (SSSR count). The Hall–Kier alpha value is -3.55. The lowest BCUT2D eigenvalue weighted by atomic mass is 10.1. The Bertz CT molecular complexity index is 950. The molecule has 0 radical (unpaired) electrons. The average Bonchev–Trinajstić information content (AvgIpc) is 3.06. The van der Waals surface area contributed by atoms with Gasteiger partial charge in [-0.05, 0) is 30.7 Å². The number of amides is 4. The van der Waals surface area contributed by atoms with Gasteiger partial charge in [-0.3, -0.25) is 14.5 Å². The number of carbonyl (C=O) groups excluding carboxylic acids is 3. The first-order valence-corrected chi connectivity index (χ1v) is 10.5. The van der Waals surface area contributed by atoms with E-state index < -0.39 is 0 Å². The van der Waals surface area contributed by atoms with Gasteiger partial charge in [-0.15, -0.1) is 0 Å². The van der Waals surface area contributed by atoms with Gasteiger partial charge in [0.15, 0.2) is 0 Å². The Kier molecular flexibility index (Phi) is 6.06. The molecule has 0 atom stereocenters. The first kappa shape index (κ1) is 20.7. The Morgan fingerprint density at radius 1 is 0.935 bits per heavy atom. The van der Waals surface area contributed by atoms with Gasteiger partial charge in [0.25, 0.3) is 11.8 Å². The van der Waals surface area contributed by atoms with Gasteiger partial charge < -0.3 is 19.9 Å². The zero-order valence-corrected chi connectivity index (χ0v) is 17.5. The fourth-order valence-electron chi connectivity index (χ4n) is 4.03. The molecule has 31 heavy (non-hydrogen) atoms. The van der Waals surface area contributed by atoms with Crippen molar-refractivity contribution in [2.75, 3.05) is 51.3 Å². The van der Waals surface area contributed by atoms with Crippen LogP contribution in [-0.4, -0.2) is 74.0 Å². The molecule has 0 unspecified atom stereocenters. The van der Waals surface area contributed by atoms with Crippen molar-refractivity contribution in [1.82, 2.24) is 15.1 Å². The molecule has 0 saturated carbocycles. The second kappa shape index (κ2) is 9.07. The second-order valence-corrected chi connectivity index (χ2v) is 7.54. The molecule has 1 N–H and O–H groups in total. The number of fused-ring (bicyclic) bond motifs is 1. The third-order valence-electron chi connectivity index (χ3n) is 5.71. The minimum atomic E-state index is -0.264. The van der Waals surface area contributed by atoms with Crippen LogP contribution >= 0.6 is 0 Å². The maximum Gasteiger partial charge on any atom is 0.317 e. The van der Waals surface area contributed by atoms with Gasteiger partial charge in [-0.25, -0.2) is 4.79 Å². The number of urea groups is 1. The van der Waals surface area contributed by atoms with Crippen LogP contribution < -0.4 is 15.0 Å². The minimum Gasteiger partial charge on any atom is -0.495 e. The maximum atomic E-state index is 12.5. The van der Waals surface area contributed by atoms with Crippen LogP contribution in [0.4, 0.5) is 10.5 Å². The highest BCUT2D eigenvalue weighted by Gasteiger charge is 2.34. The first-order valence-electron chi connectivity index (χ1n) is 10.5. The van der Waals surface area contributed by atoms with E-state index >= 15 is 0 Å². The normalized spacial score (nSPS) is 15.8. The van der Waals surface area contributed by atoms with Crippen LogP contribution in [0.5, 0.6) is 5.75 Å².